The predicted molar refractivity (Wildman–Crippen MR) is 138 cm³/mol. The first-order chi connectivity index (χ1) is 16.2. The van der Waals surface area contributed by atoms with Gasteiger partial charge in [0.15, 0.2) is 0 Å². The molecule has 5 rings (SSSR count). The summed E-state index contributed by atoms with van der Waals surface area (Å²) in [6, 6.07) is 30.5. The first kappa shape index (κ1) is 20.6. The summed E-state index contributed by atoms with van der Waals surface area (Å²) in [6.45, 7) is 0. The van der Waals surface area contributed by atoms with Crippen LogP contribution < -0.4 is 15.2 Å². The lowest BCUT2D eigenvalue weighted by Gasteiger charge is -2.16. The van der Waals surface area contributed by atoms with Crippen LogP contribution in [-0.2, 0) is 0 Å². The number of methoxy groups -OCH3 is 2. The van der Waals surface area contributed by atoms with Gasteiger partial charge < -0.3 is 15.2 Å². The highest BCUT2D eigenvalue weighted by Crippen LogP contribution is 2.43. The number of aliphatic imine (C=N–C) groups is 1. The molecule has 0 heterocycles. The fourth-order valence-corrected chi connectivity index (χ4v) is 4.26. The Balaban J connectivity index is 1.76. The van der Waals surface area contributed by atoms with Crippen LogP contribution in [-0.4, -0.2) is 20.4 Å². The monoisotopic (exact) mass is 432 g/mol. The van der Waals surface area contributed by atoms with Crippen molar-refractivity contribution in [1.29, 1.82) is 0 Å². The zero-order valence-corrected chi connectivity index (χ0v) is 18.6. The summed E-state index contributed by atoms with van der Waals surface area (Å²) in [6.07, 6.45) is 1.83. The van der Waals surface area contributed by atoms with E-state index in [0.717, 1.165) is 55.4 Å². The third-order valence-electron chi connectivity index (χ3n) is 5.90. The van der Waals surface area contributed by atoms with E-state index in [2.05, 4.69) is 36.4 Å². The minimum Gasteiger partial charge on any atom is -0.497 e. The van der Waals surface area contributed by atoms with Crippen molar-refractivity contribution in [2.24, 2.45) is 4.99 Å². The van der Waals surface area contributed by atoms with Gasteiger partial charge in [-0.1, -0.05) is 60.7 Å². The molecule has 0 aliphatic heterocycles. The number of nitrogen functional groups attached to an aromatic ring is 1. The Labute approximate surface area is 192 Å². The van der Waals surface area contributed by atoms with E-state index < -0.39 is 0 Å². The Hall–Kier alpha value is -4.31. The molecule has 4 nitrogen and oxygen atoms in total. The van der Waals surface area contributed by atoms with E-state index >= 15 is 0 Å². The third kappa shape index (κ3) is 3.76. The molecule has 0 aliphatic carbocycles. The fraction of sp³-hybridized carbons (Fsp3) is 0.0690. The van der Waals surface area contributed by atoms with Crippen LogP contribution in [0, 0.1) is 0 Å². The quantitative estimate of drug-likeness (QED) is 0.240. The first-order valence-electron chi connectivity index (χ1n) is 10.7. The number of hydrogen-bond donors (Lipinski definition) is 1. The molecule has 0 fully saturated rings. The Morgan fingerprint density at radius 2 is 1.36 bits per heavy atom. The second-order valence-corrected chi connectivity index (χ2v) is 7.80. The van der Waals surface area contributed by atoms with Gasteiger partial charge in [-0.2, -0.15) is 0 Å². The molecule has 0 saturated carbocycles. The molecule has 0 atom stereocenters. The van der Waals surface area contributed by atoms with Gasteiger partial charge in [-0.25, -0.2) is 0 Å². The summed E-state index contributed by atoms with van der Waals surface area (Å²) in [5, 5.41) is 4.49. The van der Waals surface area contributed by atoms with E-state index in [9.17, 15) is 0 Å². The normalized spacial score (nSPS) is 11.3. The largest absolute Gasteiger partial charge is 0.497 e. The lowest BCUT2D eigenvalue weighted by Crippen LogP contribution is -1.94. The Bertz CT molecular complexity index is 1510. The number of fused-ring (bicyclic) bond motifs is 2. The van der Waals surface area contributed by atoms with Crippen molar-refractivity contribution in [3.63, 3.8) is 0 Å². The molecular weight excluding hydrogens is 408 g/mol. The second kappa shape index (κ2) is 8.67. The molecule has 0 unspecified atom stereocenters. The third-order valence-corrected chi connectivity index (χ3v) is 5.90. The number of ether oxygens (including phenoxy) is 2. The maximum atomic E-state index is 6.58. The maximum Gasteiger partial charge on any atom is 0.131 e. The van der Waals surface area contributed by atoms with Crippen LogP contribution in [0.25, 0.3) is 32.7 Å². The van der Waals surface area contributed by atoms with Crippen molar-refractivity contribution < 1.29 is 9.47 Å². The van der Waals surface area contributed by atoms with E-state index in [1.807, 2.05) is 60.8 Å². The van der Waals surface area contributed by atoms with Gasteiger partial charge in [-0.05, 0) is 45.8 Å². The summed E-state index contributed by atoms with van der Waals surface area (Å²) in [5.74, 6) is 1.43. The maximum absolute atomic E-state index is 6.58. The van der Waals surface area contributed by atoms with E-state index in [1.165, 1.54) is 0 Å². The van der Waals surface area contributed by atoms with Gasteiger partial charge in [0.2, 0.25) is 0 Å². The number of nitrogens with zero attached hydrogens (tertiary/aromatic N) is 1. The number of anilines is 1. The van der Waals surface area contributed by atoms with Crippen LogP contribution >= 0.6 is 0 Å². The van der Waals surface area contributed by atoms with Crippen LogP contribution in [0.5, 0.6) is 11.5 Å². The minimum atomic E-state index is 0.699. The number of benzene rings is 5. The van der Waals surface area contributed by atoms with Gasteiger partial charge in [0.05, 0.1) is 19.9 Å². The summed E-state index contributed by atoms with van der Waals surface area (Å²) in [4.78, 5) is 4.91. The first-order valence-corrected chi connectivity index (χ1v) is 10.7. The van der Waals surface area contributed by atoms with Crippen molar-refractivity contribution in [3.8, 4) is 22.6 Å². The van der Waals surface area contributed by atoms with Gasteiger partial charge in [-0.3, -0.25) is 4.99 Å². The highest BCUT2D eigenvalue weighted by molar-refractivity contribution is 6.13. The summed E-state index contributed by atoms with van der Waals surface area (Å²) < 4.78 is 10.9. The summed E-state index contributed by atoms with van der Waals surface area (Å²) >= 11 is 0. The Morgan fingerprint density at radius 3 is 2.06 bits per heavy atom. The van der Waals surface area contributed by atoms with E-state index in [4.69, 9.17) is 20.2 Å². The Kier molecular flexibility index (Phi) is 5.41. The van der Waals surface area contributed by atoms with Gasteiger partial charge in [-0.15, -0.1) is 0 Å². The molecule has 0 aromatic heterocycles. The molecular formula is C29H24N2O2. The number of hydrogen-bond acceptors (Lipinski definition) is 4. The van der Waals surface area contributed by atoms with Crippen molar-refractivity contribution in [3.05, 3.63) is 96.6 Å². The molecule has 4 heteroatoms. The fourth-order valence-electron chi connectivity index (χ4n) is 4.26. The van der Waals surface area contributed by atoms with Gasteiger partial charge in [0, 0.05) is 34.7 Å². The van der Waals surface area contributed by atoms with E-state index in [-0.39, 0.29) is 0 Å². The number of rotatable bonds is 5. The molecule has 0 spiro atoms. The van der Waals surface area contributed by atoms with Crippen molar-refractivity contribution >= 4 is 39.1 Å². The molecule has 33 heavy (non-hydrogen) atoms. The topological polar surface area (TPSA) is 56.8 Å². The SMILES string of the molecule is COc1ccc(/C=N/c2ccc3ccccc3c2-c2c(N)ccc3ccccc23)c(OC)c1. The molecule has 0 saturated heterocycles. The van der Waals surface area contributed by atoms with Gasteiger partial charge in [0.1, 0.15) is 11.5 Å². The molecule has 162 valence electrons. The molecule has 0 aliphatic rings. The zero-order chi connectivity index (χ0) is 22.8. The van der Waals surface area contributed by atoms with Gasteiger partial charge in [0.25, 0.3) is 0 Å². The Morgan fingerprint density at radius 1 is 0.697 bits per heavy atom. The molecule has 5 aromatic carbocycles. The average Bonchev–Trinajstić information content (AvgIpc) is 2.87. The van der Waals surface area contributed by atoms with Crippen LogP contribution in [0.2, 0.25) is 0 Å². The highest BCUT2D eigenvalue weighted by Gasteiger charge is 2.15. The zero-order valence-electron chi connectivity index (χ0n) is 18.6. The molecule has 0 amide bonds. The standard InChI is InChI=1S/C29H24N2O2/c1-32-22-14-11-21(27(17-22)33-2)18-31-26-16-13-20-8-4-6-10-24(20)29(26)28-23-9-5-3-7-19(23)12-15-25(28)30/h3-18H,30H2,1-2H3/b31-18+. The average molecular weight is 433 g/mol. The van der Waals surface area contributed by atoms with Crippen LogP contribution in [0.15, 0.2) is 96.0 Å². The van der Waals surface area contributed by atoms with E-state index in [0.29, 0.717) is 5.75 Å². The van der Waals surface area contributed by atoms with Crippen molar-refractivity contribution in [1.82, 2.24) is 0 Å². The highest BCUT2D eigenvalue weighted by atomic mass is 16.5. The summed E-state index contributed by atoms with van der Waals surface area (Å²) in [7, 11) is 3.28. The molecule has 0 radical (unpaired) electrons. The molecule has 2 N–H and O–H groups in total. The van der Waals surface area contributed by atoms with Crippen LogP contribution in [0.1, 0.15) is 5.56 Å². The van der Waals surface area contributed by atoms with Crippen molar-refractivity contribution in [2.45, 2.75) is 0 Å². The van der Waals surface area contributed by atoms with Crippen LogP contribution in [0.3, 0.4) is 0 Å². The lowest BCUT2D eigenvalue weighted by atomic mass is 9.91. The number of nitrogens with two attached hydrogens (primary N) is 1. The summed E-state index contributed by atoms with van der Waals surface area (Å²) in [5.41, 5.74) is 11.0. The predicted octanol–water partition coefficient (Wildman–Crippen LogP) is 7.01. The van der Waals surface area contributed by atoms with Crippen molar-refractivity contribution in [2.75, 3.05) is 20.0 Å². The smallest absolute Gasteiger partial charge is 0.131 e. The molecule has 0 bridgehead atoms. The second-order valence-electron chi connectivity index (χ2n) is 7.80. The molecule has 5 aromatic rings. The van der Waals surface area contributed by atoms with Gasteiger partial charge >= 0.3 is 0 Å². The minimum absolute atomic E-state index is 0.699. The van der Waals surface area contributed by atoms with E-state index in [1.54, 1.807) is 14.2 Å². The van der Waals surface area contributed by atoms with Crippen LogP contribution in [0.4, 0.5) is 11.4 Å². The lowest BCUT2D eigenvalue weighted by molar-refractivity contribution is 0.394.